The van der Waals surface area contributed by atoms with Crippen LogP contribution < -0.4 is 5.32 Å². The molecule has 8 heteroatoms. The molecule has 3 nitrogen and oxygen atoms in total. The fraction of sp³-hybridized carbons (Fsp3) is 0.235. The second kappa shape index (κ2) is 8.08. The fourth-order valence-electron chi connectivity index (χ4n) is 2.29. The number of aliphatic hydroxyl groups is 1. The van der Waals surface area contributed by atoms with E-state index in [1.807, 2.05) is 0 Å². The van der Waals surface area contributed by atoms with Crippen LogP contribution in [0.2, 0.25) is 10.0 Å². The average Bonchev–Trinajstić information content (AvgIpc) is 2.55. The number of halogens is 5. The van der Waals surface area contributed by atoms with Crippen LogP contribution in [0.5, 0.6) is 0 Å². The maximum atomic E-state index is 13.0. The summed E-state index contributed by atoms with van der Waals surface area (Å²) in [6.07, 6.45) is -6.23. The number of nitrogens with one attached hydrogen (secondary N) is 1. The Morgan fingerprint density at radius 2 is 1.68 bits per heavy atom. The summed E-state index contributed by atoms with van der Waals surface area (Å²) in [5, 5.41) is 13.0. The lowest BCUT2D eigenvalue weighted by Crippen LogP contribution is -2.30. The van der Waals surface area contributed by atoms with E-state index in [1.165, 1.54) is 18.2 Å². The van der Waals surface area contributed by atoms with E-state index in [9.17, 15) is 23.1 Å². The van der Waals surface area contributed by atoms with Crippen LogP contribution in [0, 0.1) is 0 Å². The van der Waals surface area contributed by atoms with Crippen LogP contribution in [0.25, 0.3) is 0 Å². The van der Waals surface area contributed by atoms with Crippen LogP contribution in [0.3, 0.4) is 0 Å². The van der Waals surface area contributed by atoms with Crippen molar-refractivity contribution in [2.24, 2.45) is 0 Å². The molecule has 0 aromatic heterocycles. The maximum absolute atomic E-state index is 13.0. The largest absolute Gasteiger partial charge is 0.416 e. The van der Waals surface area contributed by atoms with Crippen LogP contribution in [-0.4, -0.2) is 17.6 Å². The number of rotatable bonds is 5. The van der Waals surface area contributed by atoms with Gasteiger partial charge in [-0.1, -0.05) is 47.5 Å². The molecule has 1 unspecified atom stereocenters. The Hall–Kier alpha value is -1.76. The van der Waals surface area contributed by atoms with Gasteiger partial charge in [0, 0.05) is 16.6 Å². The zero-order valence-corrected chi connectivity index (χ0v) is 14.3. The Balaban J connectivity index is 2.03. The molecule has 0 bridgehead atoms. The Morgan fingerprint density at radius 3 is 2.28 bits per heavy atom. The molecule has 0 aliphatic carbocycles. The molecule has 2 rings (SSSR count). The Bertz CT molecular complexity index is 746. The van der Waals surface area contributed by atoms with E-state index in [2.05, 4.69) is 5.32 Å². The summed E-state index contributed by atoms with van der Waals surface area (Å²) >= 11 is 11.9. The van der Waals surface area contributed by atoms with Crippen LogP contribution in [0.15, 0.2) is 42.5 Å². The molecule has 0 aliphatic rings. The minimum atomic E-state index is -4.59. The summed E-state index contributed by atoms with van der Waals surface area (Å²) in [4.78, 5) is 12.0. The monoisotopic (exact) mass is 391 g/mol. The van der Waals surface area contributed by atoms with Crippen molar-refractivity contribution in [3.05, 3.63) is 69.2 Å². The third-order valence-electron chi connectivity index (χ3n) is 3.52. The number of hydrogen-bond donors (Lipinski definition) is 2. The molecule has 134 valence electrons. The van der Waals surface area contributed by atoms with Crippen molar-refractivity contribution < 1.29 is 23.1 Å². The van der Waals surface area contributed by atoms with E-state index in [0.717, 1.165) is 6.07 Å². The second-order valence-corrected chi connectivity index (χ2v) is 6.10. The normalized spacial score (nSPS) is 12.7. The van der Waals surface area contributed by atoms with E-state index in [1.54, 1.807) is 18.2 Å². The molecule has 2 N–H and O–H groups in total. The fourth-order valence-corrected chi connectivity index (χ4v) is 2.82. The quantitative estimate of drug-likeness (QED) is 0.793. The minimum Gasteiger partial charge on any atom is -0.387 e. The number of aliphatic hydroxyl groups excluding tert-OH is 1. The van der Waals surface area contributed by atoms with Crippen molar-refractivity contribution in [3.8, 4) is 0 Å². The van der Waals surface area contributed by atoms with Gasteiger partial charge in [-0.2, -0.15) is 13.2 Å². The zero-order chi connectivity index (χ0) is 18.6. The van der Waals surface area contributed by atoms with E-state index < -0.39 is 23.8 Å². The van der Waals surface area contributed by atoms with Crippen LogP contribution in [0.4, 0.5) is 13.2 Å². The molecule has 1 atom stereocenters. The van der Waals surface area contributed by atoms with Crippen molar-refractivity contribution in [2.75, 3.05) is 6.54 Å². The lowest BCUT2D eigenvalue weighted by molar-refractivity contribution is -0.139. The lowest BCUT2D eigenvalue weighted by atomic mass is 10.0. The third kappa shape index (κ3) is 5.11. The second-order valence-electron chi connectivity index (χ2n) is 5.28. The summed E-state index contributed by atoms with van der Waals surface area (Å²) < 4.78 is 38.9. The molecule has 0 radical (unpaired) electrons. The molecule has 0 heterocycles. The van der Waals surface area contributed by atoms with Crippen molar-refractivity contribution in [2.45, 2.75) is 18.7 Å². The van der Waals surface area contributed by atoms with Crippen molar-refractivity contribution >= 4 is 29.1 Å². The third-order valence-corrected chi connectivity index (χ3v) is 4.23. The number of amides is 1. The maximum Gasteiger partial charge on any atom is 0.416 e. The number of benzene rings is 2. The number of carbonyl (C=O) groups excluding carboxylic acids is 1. The molecular weight excluding hydrogens is 378 g/mol. The van der Waals surface area contributed by atoms with Gasteiger partial charge in [0.1, 0.15) is 0 Å². The first-order chi connectivity index (χ1) is 11.7. The molecule has 25 heavy (non-hydrogen) atoms. The van der Waals surface area contributed by atoms with Crippen molar-refractivity contribution in [1.29, 1.82) is 0 Å². The first-order valence-electron chi connectivity index (χ1n) is 7.24. The van der Waals surface area contributed by atoms with Crippen LogP contribution in [0.1, 0.15) is 22.8 Å². The summed E-state index contributed by atoms with van der Waals surface area (Å²) in [5.41, 5.74) is -0.828. The first-order valence-corrected chi connectivity index (χ1v) is 7.99. The molecule has 0 fully saturated rings. The van der Waals surface area contributed by atoms with Gasteiger partial charge in [-0.15, -0.1) is 0 Å². The highest BCUT2D eigenvalue weighted by molar-refractivity contribution is 6.36. The summed E-state index contributed by atoms with van der Waals surface area (Å²) in [7, 11) is 0. The molecule has 0 spiro atoms. The molecule has 0 aliphatic heterocycles. The zero-order valence-electron chi connectivity index (χ0n) is 12.8. The van der Waals surface area contributed by atoms with E-state index in [-0.39, 0.29) is 18.5 Å². The predicted octanol–water partition coefficient (Wildman–Crippen LogP) is 4.40. The van der Waals surface area contributed by atoms with E-state index in [4.69, 9.17) is 23.2 Å². The van der Waals surface area contributed by atoms with Gasteiger partial charge in [-0.3, -0.25) is 4.79 Å². The predicted molar refractivity (Wildman–Crippen MR) is 89.6 cm³/mol. The molecule has 0 saturated carbocycles. The summed E-state index contributed by atoms with van der Waals surface area (Å²) in [5.74, 6) is -0.515. The van der Waals surface area contributed by atoms with Gasteiger partial charge in [0.25, 0.3) is 0 Å². The van der Waals surface area contributed by atoms with Gasteiger partial charge in [0.05, 0.1) is 18.1 Å². The van der Waals surface area contributed by atoms with Crippen molar-refractivity contribution in [3.63, 3.8) is 0 Å². The lowest BCUT2D eigenvalue weighted by Gasteiger charge is -2.18. The molecular formula is C17H14Cl2F3NO2. The molecule has 2 aromatic rings. The number of hydrogen-bond acceptors (Lipinski definition) is 2. The van der Waals surface area contributed by atoms with Gasteiger partial charge >= 0.3 is 6.18 Å². The van der Waals surface area contributed by atoms with E-state index >= 15 is 0 Å². The van der Waals surface area contributed by atoms with E-state index in [0.29, 0.717) is 15.6 Å². The van der Waals surface area contributed by atoms with Gasteiger partial charge in [-0.05, 0) is 29.3 Å². The Kier molecular flexibility index (Phi) is 6.32. The van der Waals surface area contributed by atoms with Gasteiger partial charge in [-0.25, -0.2) is 0 Å². The SMILES string of the molecule is O=C(Cc1c(Cl)cccc1Cl)NCC(O)c1ccccc1C(F)(F)F. The topological polar surface area (TPSA) is 49.3 Å². The highest BCUT2D eigenvalue weighted by Crippen LogP contribution is 2.34. The standard InChI is InChI=1S/C17H14Cl2F3NO2/c18-13-6-3-7-14(19)11(13)8-16(25)23-9-15(24)10-4-1-2-5-12(10)17(20,21)22/h1-7,15,24H,8-9H2,(H,23,25). The minimum absolute atomic E-state index is 0.147. The smallest absolute Gasteiger partial charge is 0.387 e. The van der Waals surface area contributed by atoms with Crippen LogP contribution >= 0.6 is 23.2 Å². The first kappa shape index (κ1) is 19.6. The molecule has 0 saturated heterocycles. The summed E-state index contributed by atoms with van der Waals surface area (Å²) in [6.45, 7) is -0.367. The van der Waals surface area contributed by atoms with Crippen LogP contribution in [-0.2, 0) is 17.4 Å². The number of alkyl halides is 3. The average molecular weight is 392 g/mol. The Labute approximate surface area is 152 Å². The van der Waals surface area contributed by atoms with Crippen molar-refractivity contribution in [1.82, 2.24) is 5.32 Å². The highest BCUT2D eigenvalue weighted by atomic mass is 35.5. The highest BCUT2D eigenvalue weighted by Gasteiger charge is 2.34. The van der Waals surface area contributed by atoms with Gasteiger partial charge in [0.15, 0.2) is 0 Å². The van der Waals surface area contributed by atoms with Gasteiger partial charge in [0.2, 0.25) is 5.91 Å². The number of carbonyl (C=O) groups is 1. The Morgan fingerprint density at radius 1 is 1.08 bits per heavy atom. The molecule has 2 aromatic carbocycles. The van der Waals surface area contributed by atoms with Gasteiger partial charge < -0.3 is 10.4 Å². The summed E-state index contributed by atoms with van der Waals surface area (Å²) in [6, 6.07) is 9.45. The molecule has 1 amide bonds.